The van der Waals surface area contributed by atoms with Crippen molar-refractivity contribution in [1.82, 2.24) is 10.3 Å². The summed E-state index contributed by atoms with van der Waals surface area (Å²) < 4.78 is 5.39. The molecule has 1 heterocycles. The van der Waals surface area contributed by atoms with E-state index in [4.69, 9.17) is 17.0 Å². The standard InChI is InChI=1S/C18H21N3OS/c1-22-16-7-6-14(13-3-2-8-19-17(13)16)20-18(23)21-15-10-11-4-5-12(15)9-11/h2-3,6-8,11-12,15H,4-5,9-10H2,1H3,(H2,20,21,23). The molecule has 5 heteroatoms. The lowest BCUT2D eigenvalue weighted by molar-refractivity contribution is 0.392. The number of hydrogen-bond acceptors (Lipinski definition) is 3. The van der Waals surface area contributed by atoms with Gasteiger partial charge in [-0.15, -0.1) is 0 Å². The van der Waals surface area contributed by atoms with Gasteiger partial charge in [-0.25, -0.2) is 0 Å². The zero-order valence-corrected chi connectivity index (χ0v) is 14.0. The number of aromatic nitrogens is 1. The Morgan fingerprint density at radius 2 is 2.17 bits per heavy atom. The summed E-state index contributed by atoms with van der Waals surface area (Å²) in [6, 6.07) is 8.43. The second-order valence-corrected chi connectivity index (χ2v) is 7.00. The van der Waals surface area contributed by atoms with Crippen LogP contribution in [0.2, 0.25) is 0 Å². The minimum atomic E-state index is 0.538. The van der Waals surface area contributed by atoms with Gasteiger partial charge in [0.05, 0.1) is 7.11 Å². The van der Waals surface area contributed by atoms with Crippen LogP contribution in [-0.2, 0) is 0 Å². The fourth-order valence-electron chi connectivity index (χ4n) is 4.17. The smallest absolute Gasteiger partial charge is 0.171 e. The van der Waals surface area contributed by atoms with Crippen molar-refractivity contribution in [2.24, 2.45) is 11.8 Å². The Kier molecular flexibility index (Phi) is 3.81. The number of hydrogen-bond donors (Lipinski definition) is 2. The van der Waals surface area contributed by atoms with E-state index in [1.54, 1.807) is 13.3 Å². The van der Waals surface area contributed by atoms with Crippen LogP contribution in [0.1, 0.15) is 25.7 Å². The Bertz CT molecular complexity index is 748. The zero-order chi connectivity index (χ0) is 15.8. The molecule has 0 aliphatic heterocycles. The number of methoxy groups -OCH3 is 1. The van der Waals surface area contributed by atoms with E-state index in [-0.39, 0.29) is 0 Å². The molecule has 23 heavy (non-hydrogen) atoms. The second kappa shape index (κ2) is 5.96. The summed E-state index contributed by atoms with van der Waals surface area (Å²) in [6.07, 6.45) is 7.16. The van der Waals surface area contributed by atoms with Gasteiger partial charge in [0, 0.05) is 23.3 Å². The van der Waals surface area contributed by atoms with Crippen molar-refractivity contribution in [1.29, 1.82) is 0 Å². The van der Waals surface area contributed by atoms with Gasteiger partial charge in [0.2, 0.25) is 0 Å². The van der Waals surface area contributed by atoms with E-state index in [9.17, 15) is 0 Å². The molecule has 2 N–H and O–H groups in total. The molecule has 2 fully saturated rings. The van der Waals surface area contributed by atoms with Crippen LogP contribution in [0.3, 0.4) is 0 Å². The highest BCUT2D eigenvalue weighted by Gasteiger charge is 2.39. The van der Waals surface area contributed by atoms with E-state index >= 15 is 0 Å². The predicted octanol–water partition coefficient (Wildman–Crippen LogP) is 3.72. The molecule has 2 aliphatic rings. The first-order chi connectivity index (χ1) is 11.2. The first kappa shape index (κ1) is 14.7. The maximum absolute atomic E-state index is 5.54. The molecule has 4 nitrogen and oxygen atoms in total. The summed E-state index contributed by atoms with van der Waals surface area (Å²) in [7, 11) is 1.66. The van der Waals surface area contributed by atoms with E-state index < -0.39 is 0 Å². The third-order valence-corrected chi connectivity index (χ3v) is 5.48. The number of nitrogens with zero attached hydrogens (tertiary/aromatic N) is 1. The van der Waals surface area contributed by atoms with Crippen LogP contribution < -0.4 is 15.4 Å². The highest BCUT2D eigenvalue weighted by atomic mass is 32.1. The first-order valence-corrected chi connectivity index (χ1v) is 8.64. The number of anilines is 1. The topological polar surface area (TPSA) is 46.2 Å². The van der Waals surface area contributed by atoms with Crippen LogP contribution in [-0.4, -0.2) is 23.2 Å². The van der Waals surface area contributed by atoms with Crippen molar-refractivity contribution < 1.29 is 4.74 Å². The summed E-state index contributed by atoms with van der Waals surface area (Å²) in [5.74, 6) is 2.48. The van der Waals surface area contributed by atoms with E-state index in [1.807, 2.05) is 24.3 Å². The van der Waals surface area contributed by atoms with E-state index in [2.05, 4.69) is 15.6 Å². The fourth-order valence-corrected chi connectivity index (χ4v) is 4.43. The maximum atomic E-state index is 5.54. The Balaban J connectivity index is 1.52. The summed E-state index contributed by atoms with van der Waals surface area (Å²) in [4.78, 5) is 4.43. The molecule has 1 aromatic heterocycles. The molecule has 0 radical (unpaired) electrons. The molecule has 2 saturated carbocycles. The normalized spacial score (nSPS) is 25.5. The van der Waals surface area contributed by atoms with Gasteiger partial charge in [-0.2, -0.15) is 0 Å². The molecule has 0 amide bonds. The molecular weight excluding hydrogens is 306 g/mol. The molecule has 2 aliphatic carbocycles. The monoisotopic (exact) mass is 327 g/mol. The number of ether oxygens (including phenoxy) is 1. The number of rotatable bonds is 3. The maximum Gasteiger partial charge on any atom is 0.171 e. The Labute approximate surface area is 141 Å². The third kappa shape index (κ3) is 2.74. The minimum Gasteiger partial charge on any atom is -0.494 e. The summed E-state index contributed by atoms with van der Waals surface area (Å²) >= 11 is 5.54. The average Bonchev–Trinajstić information content (AvgIpc) is 3.18. The molecule has 4 rings (SSSR count). The van der Waals surface area contributed by atoms with Crippen molar-refractivity contribution in [2.45, 2.75) is 31.7 Å². The molecule has 1 aromatic carbocycles. The van der Waals surface area contributed by atoms with Gasteiger partial charge in [-0.1, -0.05) is 6.42 Å². The molecule has 3 atom stereocenters. The zero-order valence-electron chi connectivity index (χ0n) is 13.2. The van der Waals surface area contributed by atoms with Crippen LogP contribution >= 0.6 is 12.2 Å². The molecule has 3 unspecified atom stereocenters. The van der Waals surface area contributed by atoms with Crippen LogP contribution in [0.5, 0.6) is 5.75 Å². The van der Waals surface area contributed by atoms with E-state index in [1.165, 1.54) is 25.7 Å². The van der Waals surface area contributed by atoms with Gasteiger partial charge in [-0.3, -0.25) is 4.98 Å². The predicted molar refractivity (Wildman–Crippen MR) is 96.9 cm³/mol. The van der Waals surface area contributed by atoms with Crippen LogP contribution in [0.15, 0.2) is 30.5 Å². The largest absolute Gasteiger partial charge is 0.494 e. The third-order valence-electron chi connectivity index (χ3n) is 5.26. The minimum absolute atomic E-state index is 0.538. The Morgan fingerprint density at radius 3 is 2.91 bits per heavy atom. The number of pyridine rings is 1. The Hall–Kier alpha value is -1.88. The molecular formula is C18H21N3OS. The molecule has 2 aromatic rings. The molecule has 0 spiro atoms. The van der Waals surface area contributed by atoms with Gasteiger partial charge in [0.15, 0.2) is 5.11 Å². The van der Waals surface area contributed by atoms with Gasteiger partial charge >= 0.3 is 0 Å². The number of thiocarbonyl (C=S) groups is 1. The van der Waals surface area contributed by atoms with Crippen LogP contribution in [0, 0.1) is 11.8 Å². The van der Waals surface area contributed by atoms with Crippen molar-refractivity contribution >= 4 is 33.9 Å². The number of fused-ring (bicyclic) bond motifs is 3. The fraction of sp³-hybridized carbons (Fsp3) is 0.444. The molecule has 120 valence electrons. The lowest BCUT2D eigenvalue weighted by atomic mass is 9.95. The number of benzene rings is 1. The summed E-state index contributed by atoms with van der Waals surface area (Å²) in [5.41, 5.74) is 1.82. The van der Waals surface area contributed by atoms with Gasteiger partial charge in [0.1, 0.15) is 11.3 Å². The average molecular weight is 327 g/mol. The Morgan fingerprint density at radius 1 is 1.26 bits per heavy atom. The highest BCUT2D eigenvalue weighted by Crippen LogP contribution is 2.44. The van der Waals surface area contributed by atoms with Crippen molar-refractivity contribution in [2.75, 3.05) is 12.4 Å². The van der Waals surface area contributed by atoms with Crippen molar-refractivity contribution in [3.63, 3.8) is 0 Å². The lowest BCUT2D eigenvalue weighted by Crippen LogP contribution is -2.40. The van der Waals surface area contributed by atoms with Gasteiger partial charge < -0.3 is 15.4 Å². The van der Waals surface area contributed by atoms with Crippen LogP contribution in [0.4, 0.5) is 5.69 Å². The molecule has 0 saturated heterocycles. The summed E-state index contributed by atoms with van der Waals surface area (Å²) in [5, 5.41) is 8.59. The lowest BCUT2D eigenvalue weighted by Gasteiger charge is -2.24. The van der Waals surface area contributed by atoms with Crippen molar-refractivity contribution in [3.8, 4) is 5.75 Å². The van der Waals surface area contributed by atoms with E-state index in [0.29, 0.717) is 11.2 Å². The van der Waals surface area contributed by atoms with E-state index in [0.717, 1.165) is 34.2 Å². The summed E-state index contributed by atoms with van der Waals surface area (Å²) in [6.45, 7) is 0. The molecule has 2 bridgehead atoms. The van der Waals surface area contributed by atoms with Gasteiger partial charge in [0.25, 0.3) is 0 Å². The van der Waals surface area contributed by atoms with Gasteiger partial charge in [-0.05, 0) is 67.6 Å². The van der Waals surface area contributed by atoms with Crippen molar-refractivity contribution in [3.05, 3.63) is 30.5 Å². The van der Waals surface area contributed by atoms with Crippen LogP contribution in [0.25, 0.3) is 10.9 Å². The highest BCUT2D eigenvalue weighted by molar-refractivity contribution is 7.80. The quantitative estimate of drug-likeness (QED) is 0.841. The first-order valence-electron chi connectivity index (χ1n) is 8.24. The SMILES string of the molecule is COc1ccc(NC(=S)NC2CC3CCC2C3)c2cccnc12. The number of nitrogens with one attached hydrogen (secondary N) is 2. The second-order valence-electron chi connectivity index (χ2n) is 6.59.